The zero-order valence-electron chi connectivity index (χ0n) is 9.57. The minimum Gasteiger partial charge on any atom is -0.481 e. The van der Waals surface area contributed by atoms with Gasteiger partial charge in [-0.2, -0.15) is 0 Å². The lowest BCUT2D eigenvalue weighted by atomic mass is 10.1. The summed E-state index contributed by atoms with van der Waals surface area (Å²) in [6.07, 6.45) is 1.28. The van der Waals surface area contributed by atoms with Gasteiger partial charge in [-0.05, 0) is 31.0 Å². The van der Waals surface area contributed by atoms with Crippen molar-refractivity contribution >= 4 is 29.2 Å². The van der Waals surface area contributed by atoms with E-state index in [0.717, 1.165) is 0 Å². The predicted octanol–water partition coefficient (Wildman–Crippen LogP) is 1.72. The Morgan fingerprint density at radius 1 is 1.44 bits per heavy atom. The number of rotatable bonds is 5. The van der Waals surface area contributed by atoms with E-state index in [0.29, 0.717) is 29.1 Å². The summed E-state index contributed by atoms with van der Waals surface area (Å²) in [6.45, 7) is 0.267. The first-order valence-corrected chi connectivity index (χ1v) is 5.89. The summed E-state index contributed by atoms with van der Waals surface area (Å²) in [5.41, 5.74) is 5.31. The molecule has 1 aliphatic carbocycles. The number of aliphatic carboxylic acids is 1. The molecule has 96 valence electrons. The smallest absolute Gasteiger partial charge is 0.311 e. The van der Waals surface area contributed by atoms with E-state index < -0.39 is 17.3 Å². The van der Waals surface area contributed by atoms with Crippen LogP contribution in [0.2, 0.25) is 5.02 Å². The molecule has 0 spiro atoms. The molecular formula is C12H13ClN2O3. The second kappa shape index (κ2) is 4.49. The van der Waals surface area contributed by atoms with E-state index in [1.165, 1.54) is 6.07 Å². The van der Waals surface area contributed by atoms with Crippen LogP contribution in [0.15, 0.2) is 18.2 Å². The zero-order valence-corrected chi connectivity index (χ0v) is 10.3. The number of nitrogens with two attached hydrogens (primary N) is 1. The summed E-state index contributed by atoms with van der Waals surface area (Å²) in [7, 11) is 0. The number of benzene rings is 1. The van der Waals surface area contributed by atoms with Gasteiger partial charge >= 0.3 is 5.97 Å². The molecule has 1 aromatic carbocycles. The topological polar surface area (TPSA) is 92.4 Å². The summed E-state index contributed by atoms with van der Waals surface area (Å²) in [6, 6.07) is 4.66. The van der Waals surface area contributed by atoms with E-state index in [4.69, 9.17) is 22.4 Å². The second-order valence-electron chi connectivity index (χ2n) is 4.49. The molecule has 0 aliphatic heterocycles. The van der Waals surface area contributed by atoms with Gasteiger partial charge in [0.2, 0.25) is 0 Å². The van der Waals surface area contributed by atoms with Crippen molar-refractivity contribution in [1.29, 1.82) is 0 Å². The standard InChI is InChI=1S/C12H13ClN2O3/c13-7-1-2-8(10(14)16)9(5-7)15-6-12(3-4-12)11(17)18/h1-2,5,15H,3-4,6H2,(H2,14,16)(H,17,18). The highest BCUT2D eigenvalue weighted by molar-refractivity contribution is 6.31. The van der Waals surface area contributed by atoms with Crippen LogP contribution in [-0.4, -0.2) is 23.5 Å². The summed E-state index contributed by atoms with van der Waals surface area (Å²) < 4.78 is 0. The molecule has 0 unspecified atom stereocenters. The molecule has 1 aliphatic rings. The Bertz CT molecular complexity index is 512. The molecule has 1 saturated carbocycles. The van der Waals surface area contributed by atoms with E-state index in [1.54, 1.807) is 12.1 Å². The van der Waals surface area contributed by atoms with Crippen molar-refractivity contribution in [2.75, 3.05) is 11.9 Å². The third kappa shape index (κ3) is 2.41. The molecule has 0 heterocycles. The van der Waals surface area contributed by atoms with Crippen molar-refractivity contribution in [1.82, 2.24) is 0 Å². The van der Waals surface area contributed by atoms with Crippen molar-refractivity contribution in [3.63, 3.8) is 0 Å². The fourth-order valence-electron chi connectivity index (χ4n) is 1.76. The summed E-state index contributed by atoms with van der Waals surface area (Å²) in [5, 5.41) is 12.5. The third-order valence-corrected chi connectivity index (χ3v) is 3.41. The fourth-order valence-corrected chi connectivity index (χ4v) is 1.93. The maximum Gasteiger partial charge on any atom is 0.311 e. The molecule has 2 rings (SSSR count). The van der Waals surface area contributed by atoms with Crippen molar-refractivity contribution in [2.24, 2.45) is 11.1 Å². The molecule has 0 atom stereocenters. The van der Waals surface area contributed by atoms with Crippen LogP contribution in [0.1, 0.15) is 23.2 Å². The highest BCUT2D eigenvalue weighted by atomic mass is 35.5. The molecule has 0 radical (unpaired) electrons. The normalized spacial score (nSPS) is 16.1. The lowest BCUT2D eigenvalue weighted by Crippen LogP contribution is -2.25. The third-order valence-electron chi connectivity index (χ3n) is 3.17. The number of anilines is 1. The Hall–Kier alpha value is -1.75. The summed E-state index contributed by atoms with van der Waals surface area (Å²) >= 11 is 5.84. The Kier molecular flexibility index (Phi) is 3.17. The number of carboxylic acids is 1. The second-order valence-corrected chi connectivity index (χ2v) is 4.93. The van der Waals surface area contributed by atoms with Gasteiger partial charge in [0, 0.05) is 17.3 Å². The van der Waals surface area contributed by atoms with Gasteiger partial charge in [-0.25, -0.2) is 0 Å². The maximum atomic E-state index is 11.2. The Balaban J connectivity index is 2.16. The molecule has 18 heavy (non-hydrogen) atoms. The molecule has 1 fully saturated rings. The molecular weight excluding hydrogens is 256 g/mol. The van der Waals surface area contributed by atoms with Gasteiger partial charge in [-0.15, -0.1) is 0 Å². The Morgan fingerprint density at radius 2 is 2.11 bits per heavy atom. The number of primary amides is 1. The minimum atomic E-state index is -0.822. The number of carboxylic acid groups (broad SMARTS) is 1. The van der Waals surface area contributed by atoms with Crippen LogP contribution in [0.5, 0.6) is 0 Å². The Labute approximate surface area is 109 Å². The van der Waals surface area contributed by atoms with Gasteiger partial charge in [0.25, 0.3) is 5.91 Å². The first kappa shape index (κ1) is 12.7. The lowest BCUT2D eigenvalue weighted by molar-refractivity contribution is -0.142. The average molecular weight is 269 g/mol. The monoisotopic (exact) mass is 268 g/mol. The highest BCUT2D eigenvalue weighted by Crippen LogP contribution is 2.46. The average Bonchev–Trinajstić information content (AvgIpc) is 3.07. The molecule has 5 nitrogen and oxygen atoms in total. The predicted molar refractivity (Wildman–Crippen MR) is 67.8 cm³/mol. The first-order chi connectivity index (χ1) is 8.44. The largest absolute Gasteiger partial charge is 0.481 e. The molecule has 1 aromatic rings. The van der Waals surface area contributed by atoms with Crippen LogP contribution in [0, 0.1) is 5.41 Å². The molecule has 0 saturated heterocycles. The SMILES string of the molecule is NC(=O)c1ccc(Cl)cc1NCC1(C(=O)O)CC1. The number of halogens is 1. The van der Waals surface area contributed by atoms with Gasteiger partial charge in [-0.1, -0.05) is 11.6 Å². The van der Waals surface area contributed by atoms with Crippen LogP contribution in [-0.2, 0) is 4.79 Å². The lowest BCUT2D eigenvalue weighted by Gasteiger charge is -2.14. The van der Waals surface area contributed by atoms with Crippen molar-refractivity contribution in [3.8, 4) is 0 Å². The maximum absolute atomic E-state index is 11.2. The van der Waals surface area contributed by atoms with Gasteiger partial charge in [-0.3, -0.25) is 9.59 Å². The minimum absolute atomic E-state index is 0.267. The summed E-state index contributed by atoms with van der Waals surface area (Å²) in [5.74, 6) is -1.40. The molecule has 0 aromatic heterocycles. The van der Waals surface area contributed by atoms with Crippen molar-refractivity contribution in [3.05, 3.63) is 28.8 Å². The van der Waals surface area contributed by atoms with E-state index in [2.05, 4.69) is 5.32 Å². The number of carbonyl (C=O) groups is 2. The van der Waals surface area contributed by atoms with E-state index >= 15 is 0 Å². The van der Waals surface area contributed by atoms with Crippen LogP contribution in [0.4, 0.5) is 5.69 Å². The van der Waals surface area contributed by atoms with Crippen LogP contribution in [0.25, 0.3) is 0 Å². The van der Waals surface area contributed by atoms with E-state index in [1.807, 2.05) is 0 Å². The number of hydrogen-bond acceptors (Lipinski definition) is 3. The molecule has 0 bridgehead atoms. The number of hydrogen-bond donors (Lipinski definition) is 3. The fraction of sp³-hybridized carbons (Fsp3) is 0.333. The number of amides is 1. The van der Waals surface area contributed by atoms with Crippen molar-refractivity contribution in [2.45, 2.75) is 12.8 Å². The number of carbonyl (C=O) groups excluding carboxylic acids is 1. The highest BCUT2D eigenvalue weighted by Gasteiger charge is 2.50. The van der Waals surface area contributed by atoms with Crippen LogP contribution in [0.3, 0.4) is 0 Å². The van der Waals surface area contributed by atoms with Crippen LogP contribution < -0.4 is 11.1 Å². The van der Waals surface area contributed by atoms with Crippen LogP contribution >= 0.6 is 11.6 Å². The quantitative estimate of drug-likeness (QED) is 0.758. The molecule has 1 amide bonds. The van der Waals surface area contributed by atoms with Gasteiger partial charge in [0.1, 0.15) is 0 Å². The van der Waals surface area contributed by atoms with E-state index in [9.17, 15) is 9.59 Å². The van der Waals surface area contributed by atoms with Gasteiger partial charge in [0.15, 0.2) is 0 Å². The first-order valence-electron chi connectivity index (χ1n) is 5.51. The Morgan fingerprint density at radius 3 is 2.61 bits per heavy atom. The van der Waals surface area contributed by atoms with Gasteiger partial charge < -0.3 is 16.2 Å². The van der Waals surface area contributed by atoms with Gasteiger partial charge in [0.05, 0.1) is 11.0 Å². The summed E-state index contributed by atoms with van der Waals surface area (Å²) in [4.78, 5) is 22.3. The molecule has 4 N–H and O–H groups in total. The molecule has 6 heteroatoms. The zero-order chi connectivity index (χ0) is 13.3. The van der Waals surface area contributed by atoms with E-state index in [-0.39, 0.29) is 6.54 Å². The number of nitrogens with one attached hydrogen (secondary N) is 1. The van der Waals surface area contributed by atoms with Crippen molar-refractivity contribution < 1.29 is 14.7 Å².